The molecule has 0 aromatic heterocycles. The molecule has 1 fully saturated rings. The van der Waals surface area contributed by atoms with Gasteiger partial charge in [0.1, 0.15) is 6.61 Å². The van der Waals surface area contributed by atoms with Gasteiger partial charge in [0, 0.05) is 6.04 Å². The quantitative estimate of drug-likeness (QED) is 0.800. The second kappa shape index (κ2) is 3.90. The summed E-state index contributed by atoms with van der Waals surface area (Å²) in [5.41, 5.74) is 7.67. The first-order valence-corrected chi connectivity index (χ1v) is 4.99. The van der Waals surface area contributed by atoms with Gasteiger partial charge in [0.05, 0.1) is 12.2 Å². The molecule has 4 heteroatoms. The van der Waals surface area contributed by atoms with Gasteiger partial charge in [0.15, 0.2) is 0 Å². The lowest BCUT2D eigenvalue weighted by Gasteiger charge is -2.18. The molecule has 1 saturated heterocycles. The van der Waals surface area contributed by atoms with Crippen LogP contribution in [0.15, 0.2) is 24.3 Å². The number of anilines is 1. The molecule has 2 rings (SSSR count). The molecular formula is C11H14N2O2. The molecule has 1 heterocycles. The molecule has 1 aliphatic heterocycles. The maximum atomic E-state index is 11.4. The average Bonchev–Trinajstić information content (AvgIpc) is 2.64. The Morgan fingerprint density at radius 2 is 2.20 bits per heavy atom. The topological polar surface area (TPSA) is 55.6 Å². The van der Waals surface area contributed by atoms with Gasteiger partial charge < -0.3 is 10.5 Å². The second-order valence-electron chi connectivity index (χ2n) is 3.61. The summed E-state index contributed by atoms with van der Waals surface area (Å²) < 4.78 is 4.90. The summed E-state index contributed by atoms with van der Waals surface area (Å²) in [7, 11) is 0. The van der Waals surface area contributed by atoms with Crippen LogP contribution in [0, 0.1) is 0 Å². The third-order valence-corrected chi connectivity index (χ3v) is 2.48. The van der Waals surface area contributed by atoms with Crippen molar-refractivity contribution in [3.8, 4) is 0 Å². The molecule has 0 aliphatic carbocycles. The maximum Gasteiger partial charge on any atom is 0.414 e. The summed E-state index contributed by atoms with van der Waals surface area (Å²) in [5, 5.41) is 0. The molecule has 1 aromatic rings. The van der Waals surface area contributed by atoms with E-state index in [1.807, 2.05) is 31.2 Å². The molecule has 1 amide bonds. The minimum atomic E-state index is -0.289. The fourth-order valence-corrected chi connectivity index (χ4v) is 1.73. The number of cyclic esters (lactones) is 1. The highest BCUT2D eigenvalue weighted by atomic mass is 16.6. The number of hydrogen-bond acceptors (Lipinski definition) is 3. The lowest BCUT2D eigenvalue weighted by molar-refractivity contribution is 0.181. The molecule has 4 nitrogen and oxygen atoms in total. The third kappa shape index (κ3) is 1.80. The van der Waals surface area contributed by atoms with Gasteiger partial charge >= 0.3 is 6.09 Å². The molecule has 80 valence electrons. The van der Waals surface area contributed by atoms with Crippen molar-refractivity contribution < 1.29 is 9.53 Å². The zero-order valence-electron chi connectivity index (χ0n) is 8.64. The van der Waals surface area contributed by atoms with E-state index in [0.717, 1.165) is 11.3 Å². The predicted molar refractivity (Wildman–Crippen MR) is 57.7 cm³/mol. The summed E-state index contributed by atoms with van der Waals surface area (Å²) in [4.78, 5) is 13.0. The smallest absolute Gasteiger partial charge is 0.414 e. The number of amides is 1. The Morgan fingerprint density at radius 1 is 1.47 bits per heavy atom. The number of nitrogens with zero attached hydrogens (tertiary/aromatic N) is 1. The molecule has 2 N–H and O–H groups in total. The number of para-hydroxylation sites is 1. The van der Waals surface area contributed by atoms with Crippen LogP contribution in [-0.4, -0.2) is 19.2 Å². The van der Waals surface area contributed by atoms with Gasteiger partial charge in [0.2, 0.25) is 0 Å². The van der Waals surface area contributed by atoms with E-state index in [4.69, 9.17) is 10.5 Å². The molecule has 0 spiro atoms. The number of ether oxygens (including phenoxy) is 1. The predicted octanol–water partition coefficient (Wildman–Crippen LogP) is 1.66. The van der Waals surface area contributed by atoms with Crippen LogP contribution in [0.3, 0.4) is 0 Å². The van der Waals surface area contributed by atoms with Crippen LogP contribution in [-0.2, 0) is 4.74 Å². The van der Waals surface area contributed by atoms with Gasteiger partial charge in [-0.2, -0.15) is 0 Å². The monoisotopic (exact) mass is 206 g/mol. The lowest BCUT2D eigenvalue weighted by Crippen LogP contribution is -2.25. The van der Waals surface area contributed by atoms with Crippen LogP contribution >= 0.6 is 0 Å². The Bertz CT molecular complexity index is 377. The second-order valence-corrected chi connectivity index (χ2v) is 3.61. The van der Waals surface area contributed by atoms with Crippen LogP contribution in [0.4, 0.5) is 10.5 Å². The van der Waals surface area contributed by atoms with Gasteiger partial charge in [-0.15, -0.1) is 0 Å². The number of benzene rings is 1. The molecule has 0 saturated carbocycles. The van der Waals surface area contributed by atoms with Crippen LogP contribution in [0.2, 0.25) is 0 Å². The van der Waals surface area contributed by atoms with Crippen molar-refractivity contribution in [2.75, 3.05) is 18.1 Å². The van der Waals surface area contributed by atoms with Crippen molar-refractivity contribution in [1.82, 2.24) is 0 Å². The van der Waals surface area contributed by atoms with Crippen molar-refractivity contribution >= 4 is 11.8 Å². The lowest BCUT2D eigenvalue weighted by atomic mass is 10.1. The van der Waals surface area contributed by atoms with Gasteiger partial charge in [-0.05, 0) is 18.6 Å². The Kier molecular flexibility index (Phi) is 2.60. The van der Waals surface area contributed by atoms with E-state index in [9.17, 15) is 4.79 Å². The van der Waals surface area contributed by atoms with Gasteiger partial charge in [-0.3, -0.25) is 4.90 Å². The Morgan fingerprint density at radius 3 is 2.80 bits per heavy atom. The summed E-state index contributed by atoms with van der Waals surface area (Å²) >= 11 is 0. The largest absolute Gasteiger partial charge is 0.447 e. The van der Waals surface area contributed by atoms with Crippen LogP contribution in [0.25, 0.3) is 0 Å². The SMILES string of the molecule is CC(N)c1ccccc1N1CCOC1=O. The number of rotatable bonds is 2. The van der Waals surface area contributed by atoms with Gasteiger partial charge in [-0.1, -0.05) is 18.2 Å². The molecule has 1 unspecified atom stereocenters. The van der Waals surface area contributed by atoms with E-state index < -0.39 is 0 Å². The van der Waals surface area contributed by atoms with Crippen molar-refractivity contribution in [2.24, 2.45) is 5.73 Å². The number of carbonyl (C=O) groups is 1. The summed E-state index contributed by atoms with van der Waals surface area (Å²) in [5.74, 6) is 0. The van der Waals surface area contributed by atoms with E-state index in [-0.39, 0.29) is 12.1 Å². The first-order chi connectivity index (χ1) is 7.20. The number of carbonyl (C=O) groups excluding carboxylic acids is 1. The van der Waals surface area contributed by atoms with Crippen LogP contribution < -0.4 is 10.6 Å². The average molecular weight is 206 g/mol. The number of hydrogen-bond donors (Lipinski definition) is 1. The standard InChI is InChI=1S/C11H14N2O2/c1-8(12)9-4-2-3-5-10(9)13-6-7-15-11(13)14/h2-5,8H,6-7,12H2,1H3. The molecule has 1 aliphatic rings. The van der Waals surface area contributed by atoms with E-state index >= 15 is 0 Å². The molecule has 15 heavy (non-hydrogen) atoms. The highest BCUT2D eigenvalue weighted by molar-refractivity contribution is 5.90. The zero-order chi connectivity index (χ0) is 10.8. The summed E-state index contributed by atoms with van der Waals surface area (Å²) in [6, 6.07) is 7.56. The van der Waals surface area contributed by atoms with E-state index in [0.29, 0.717) is 13.2 Å². The molecule has 1 aromatic carbocycles. The van der Waals surface area contributed by atoms with Crippen LogP contribution in [0.1, 0.15) is 18.5 Å². The van der Waals surface area contributed by atoms with Crippen molar-refractivity contribution in [3.63, 3.8) is 0 Å². The normalized spacial score (nSPS) is 17.7. The first-order valence-electron chi connectivity index (χ1n) is 4.99. The molecular weight excluding hydrogens is 192 g/mol. The molecule has 0 radical (unpaired) electrons. The first kappa shape index (κ1) is 9.98. The summed E-state index contributed by atoms with van der Waals surface area (Å²) in [6.07, 6.45) is -0.289. The fourth-order valence-electron chi connectivity index (χ4n) is 1.73. The maximum absolute atomic E-state index is 11.4. The van der Waals surface area contributed by atoms with Gasteiger partial charge in [-0.25, -0.2) is 4.79 Å². The Labute approximate surface area is 88.6 Å². The zero-order valence-corrected chi connectivity index (χ0v) is 8.64. The van der Waals surface area contributed by atoms with E-state index in [1.54, 1.807) is 4.90 Å². The highest BCUT2D eigenvalue weighted by Gasteiger charge is 2.25. The minimum Gasteiger partial charge on any atom is -0.447 e. The molecule has 0 bridgehead atoms. The van der Waals surface area contributed by atoms with Crippen molar-refractivity contribution in [3.05, 3.63) is 29.8 Å². The fraction of sp³-hybridized carbons (Fsp3) is 0.364. The highest BCUT2D eigenvalue weighted by Crippen LogP contribution is 2.26. The molecule has 1 atom stereocenters. The Balaban J connectivity index is 2.38. The van der Waals surface area contributed by atoms with Crippen molar-refractivity contribution in [2.45, 2.75) is 13.0 Å². The number of nitrogens with two attached hydrogens (primary N) is 1. The van der Waals surface area contributed by atoms with Gasteiger partial charge in [0.25, 0.3) is 0 Å². The minimum absolute atomic E-state index is 0.0883. The van der Waals surface area contributed by atoms with Crippen molar-refractivity contribution in [1.29, 1.82) is 0 Å². The summed E-state index contributed by atoms with van der Waals surface area (Å²) in [6.45, 7) is 2.95. The Hall–Kier alpha value is -1.55. The van der Waals surface area contributed by atoms with E-state index in [1.165, 1.54) is 0 Å². The van der Waals surface area contributed by atoms with E-state index in [2.05, 4.69) is 0 Å². The third-order valence-electron chi connectivity index (χ3n) is 2.48. The van der Waals surface area contributed by atoms with Crippen LogP contribution in [0.5, 0.6) is 0 Å².